The van der Waals surface area contributed by atoms with Crippen LogP contribution in [-0.2, 0) is 6.42 Å². The van der Waals surface area contributed by atoms with Gasteiger partial charge in [-0.05, 0) is 36.6 Å². The van der Waals surface area contributed by atoms with Crippen molar-refractivity contribution in [3.8, 4) is 0 Å². The maximum atomic E-state index is 13.4. The van der Waals surface area contributed by atoms with E-state index in [9.17, 15) is 4.39 Å². The number of benzene rings is 1. The molecule has 0 bridgehead atoms. The van der Waals surface area contributed by atoms with Gasteiger partial charge >= 0.3 is 0 Å². The number of halogens is 1. The van der Waals surface area contributed by atoms with E-state index >= 15 is 0 Å². The summed E-state index contributed by atoms with van der Waals surface area (Å²) in [5.41, 5.74) is 4.82. The minimum Gasteiger partial charge on any atom is -0.308 e. The van der Waals surface area contributed by atoms with Crippen molar-refractivity contribution in [2.24, 2.45) is 5.84 Å². The van der Waals surface area contributed by atoms with Crippen molar-refractivity contribution < 1.29 is 4.39 Å². The van der Waals surface area contributed by atoms with Crippen LogP contribution in [0.3, 0.4) is 0 Å². The molecule has 0 amide bonds. The van der Waals surface area contributed by atoms with E-state index in [1.54, 1.807) is 13.0 Å². The zero-order valence-corrected chi connectivity index (χ0v) is 9.34. The number of pyridine rings is 1. The van der Waals surface area contributed by atoms with Crippen molar-refractivity contribution in [3.05, 3.63) is 35.1 Å². The molecular weight excluding hydrogens is 205 g/mol. The van der Waals surface area contributed by atoms with Crippen LogP contribution in [0.5, 0.6) is 0 Å². The Morgan fingerprint density at radius 1 is 1.38 bits per heavy atom. The Hall–Kier alpha value is -1.68. The molecule has 1 aromatic carbocycles. The minimum atomic E-state index is -0.243. The van der Waals surface area contributed by atoms with Crippen LogP contribution >= 0.6 is 0 Å². The summed E-state index contributed by atoms with van der Waals surface area (Å²) in [5, 5.41) is 0.940. The highest BCUT2D eigenvalue weighted by Gasteiger charge is 2.07. The molecule has 2 rings (SSSR count). The molecule has 3 nitrogen and oxygen atoms in total. The average Bonchev–Trinajstić information content (AvgIpc) is 2.29. The lowest BCUT2D eigenvalue weighted by atomic mass is 10.1. The number of nitrogens with two attached hydrogens (primary N) is 1. The number of hydrogen-bond donors (Lipinski definition) is 2. The Morgan fingerprint density at radius 3 is 2.75 bits per heavy atom. The van der Waals surface area contributed by atoms with Gasteiger partial charge in [-0.15, -0.1) is 0 Å². The largest absolute Gasteiger partial charge is 0.308 e. The van der Waals surface area contributed by atoms with Gasteiger partial charge < -0.3 is 5.43 Å². The van der Waals surface area contributed by atoms with E-state index in [-0.39, 0.29) is 5.82 Å². The molecule has 1 heterocycles. The second kappa shape index (κ2) is 4.06. The summed E-state index contributed by atoms with van der Waals surface area (Å²) >= 11 is 0. The Labute approximate surface area is 93.5 Å². The number of nitrogens with one attached hydrogen (secondary N) is 1. The van der Waals surface area contributed by atoms with Crippen LogP contribution in [-0.4, -0.2) is 4.98 Å². The molecule has 0 aliphatic rings. The molecular formula is C12H14FN3. The highest BCUT2D eigenvalue weighted by molar-refractivity contribution is 5.82. The Kier molecular flexibility index (Phi) is 2.75. The van der Waals surface area contributed by atoms with Crippen LogP contribution in [0.1, 0.15) is 18.1 Å². The smallest absolute Gasteiger partial charge is 0.143 e. The Balaban J connectivity index is 2.73. The van der Waals surface area contributed by atoms with E-state index in [1.165, 1.54) is 6.07 Å². The number of nitrogens with zero attached hydrogens (tertiary/aromatic N) is 1. The zero-order valence-electron chi connectivity index (χ0n) is 9.34. The predicted octanol–water partition coefficient (Wildman–Crippen LogP) is 2.53. The normalized spacial score (nSPS) is 10.8. The molecule has 0 unspecified atom stereocenters. The number of fused-ring (bicyclic) bond motifs is 1. The quantitative estimate of drug-likeness (QED) is 0.602. The highest BCUT2D eigenvalue weighted by atomic mass is 19.1. The summed E-state index contributed by atoms with van der Waals surface area (Å²) in [7, 11) is 0. The van der Waals surface area contributed by atoms with Crippen LogP contribution in [0.2, 0.25) is 0 Å². The van der Waals surface area contributed by atoms with Gasteiger partial charge in [-0.1, -0.05) is 6.92 Å². The molecule has 0 aliphatic carbocycles. The summed E-state index contributed by atoms with van der Waals surface area (Å²) in [6.45, 7) is 3.77. The van der Waals surface area contributed by atoms with Gasteiger partial charge in [0.2, 0.25) is 0 Å². The number of anilines is 1. The third kappa shape index (κ3) is 1.72. The first-order valence-corrected chi connectivity index (χ1v) is 5.22. The number of hydrogen-bond acceptors (Lipinski definition) is 3. The lowest BCUT2D eigenvalue weighted by Gasteiger charge is -2.09. The van der Waals surface area contributed by atoms with E-state index in [4.69, 9.17) is 5.84 Å². The van der Waals surface area contributed by atoms with Gasteiger partial charge in [0.05, 0.1) is 5.52 Å². The first-order chi connectivity index (χ1) is 7.65. The molecule has 2 aromatic rings. The molecule has 0 saturated heterocycles. The van der Waals surface area contributed by atoms with E-state index in [0.717, 1.165) is 17.4 Å². The summed E-state index contributed by atoms with van der Waals surface area (Å²) in [5.74, 6) is 5.75. The van der Waals surface area contributed by atoms with Crippen molar-refractivity contribution in [2.75, 3.05) is 5.43 Å². The molecule has 0 saturated carbocycles. The Bertz CT molecular complexity index is 489. The lowest BCUT2D eigenvalue weighted by molar-refractivity contribution is 0.620. The molecule has 1 aromatic heterocycles. The fraction of sp³-hybridized carbons (Fsp3) is 0.250. The molecule has 0 aliphatic heterocycles. The van der Waals surface area contributed by atoms with Gasteiger partial charge in [0, 0.05) is 11.5 Å². The van der Waals surface area contributed by atoms with Crippen molar-refractivity contribution in [1.82, 2.24) is 4.98 Å². The summed E-state index contributed by atoms with van der Waals surface area (Å²) in [4.78, 5) is 4.29. The maximum Gasteiger partial charge on any atom is 0.143 e. The number of aromatic nitrogens is 1. The van der Waals surface area contributed by atoms with Gasteiger partial charge in [-0.2, -0.15) is 0 Å². The van der Waals surface area contributed by atoms with Gasteiger partial charge in [0.15, 0.2) is 0 Å². The van der Waals surface area contributed by atoms with Gasteiger partial charge in [-0.3, -0.25) is 0 Å². The van der Waals surface area contributed by atoms with E-state index in [0.29, 0.717) is 16.9 Å². The highest BCUT2D eigenvalue weighted by Crippen LogP contribution is 2.22. The molecule has 4 heteroatoms. The first-order valence-electron chi connectivity index (χ1n) is 5.22. The topological polar surface area (TPSA) is 50.9 Å². The molecule has 16 heavy (non-hydrogen) atoms. The summed E-state index contributed by atoms with van der Waals surface area (Å²) < 4.78 is 13.4. The third-order valence-electron chi connectivity index (χ3n) is 2.69. The molecule has 0 atom stereocenters. The number of aryl methyl sites for hydroxylation is 2. The van der Waals surface area contributed by atoms with Crippen LogP contribution in [0.4, 0.5) is 10.2 Å². The van der Waals surface area contributed by atoms with Gasteiger partial charge in [0.25, 0.3) is 0 Å². The predicted molar refractivity (Wildman–Crippen MR) is 63.6 cm³/mol. The summed E-state index contributed by atoms with van der Waals surface area (Å²) in [6.07, 6.45) is 0.832. The average molecular weight is 219 g/mol. The van der Waals surface area contributed by atoms with E-state index in [1.807, 2.05) is 13.0 Å². The molecule has 84 valence electrons. The second-order valence-corrected chi connectivity index (χ2v) is 3.79. The van der Waals surface area contributed by atoms with Crippen molar-refractivity contribution in [1.29, 1.82) is 0 Å². The standard InChI is InChI=1S/C12H14FN3/c1-3-8-5-9-4-7(2)10(13)6-11(9)15-12(8)16-14/h4-6H,3,14H2,1-2H3,(H,15,16). The fourth-order valence-corrected chi connectivity index (χ4v) is 1.75. The van der Waals surface area contributed by atoms with Crippen molar-refractivity contribution in [2.45, 2.75) is 20.3 Å². The minimum absolute atomic E-state index is 0.243. The number of nitrogen functional groups attached to an aromatic ring is 1. The zero-order chi connectivity index (χ0) is 11.7. The number of hydrazine groups is 1. The molecule has 0 spiro atoms. The summed E-state index contributed by atoms with van der Waals surface area (Å²) in [6, 6.07) is 5.23. The van der Waals surface area contributed by atoms with Crippen LogP contribution in [0, 0.1) is 12.7 Å². The molecule has 3 N–H and O–H groups in total. The first kappa shape index (κ1) is 10.8. The van der Waals surface area contributed by atoms with Crippen LogP contribution in [0.25, 0.3) is 10.9 Å². The van der Waals surface area contributed by atoms with Crippen LogP contribution < -0.4 is 11.3 Å². The van der Waals surface area contributed by atoms with Crippen LogP contribution in [0.15, 0.2) is 18.2 Å². The second-order valence-electron chi connectivity index (χ2n) is 3.79. The Morgan fingerprint density at radius 2 is 2.12 bits per heavy atom. The fourth-order valence-electron chi connectivity index (χ4n) is 1.75. The molecule has 0 fully saturated rings. The molecule has 0 radical (unpaired) electrons. The van der Waals surface area contributed by atoms with Gasteiger partial charge in [0.1, 0.15) is 11.6 Å². The van der Waals surface area contributed by atoms with Crippen molar-refractivity contribution >= 4 is 16.7 Å². The monoisotopic (exact) mass is 219 g/mol. The van der Waals surface area contributed by atoms with Gasteiger partial charge in [-0.25, -0.2) is 15.2 Å². The SMILES string of the molecule is CCc1cc2cc(C)c(F)cc2nc1NN. The van der Waals surface area contributed by atoms with E-state index in [2.05, 4.69) is 10.4 Å². The third-order valence-corrected chi connectivity index (χ3v) is 2.69. The van der Waals surface area contributed by atoms with Crippen molar-refractivity contribution in [3.63, 3.8) is 0 Å². The maximum absolute atomic E-state index is 13.4. The lowest BCUT2D eigenvalue weighted by Crippen LogP contribution is -2.11. The van der Waals surface area contributed by atoms with E-state index < -0.39 is 0 Å². The number of rotatable bonds is 2.